The van der Waals surface area contributed by atoms with E-state index >= 15 is 0 Å². The van der Waals surface area contributed by atoms with Crippen molar-refractivity contribution in [2.45, 2.75) is 25.9 Å². The van der Waals surface area contributed by atoms with Crippen LogP contribution < -0.4 is 0 Å². The van der Waals surface area contributed by atoms with Crippen LogP contribution in [0.1, 0.15) is 31.0 Å². The van der Waals surface area contributed by atoms with Crippen molar-refractivity contribution in [3.05, 3.63) is 71.7 Å². The lowest BCUT2D eigenvalue weighted by atomic mass is 9.96. The van der Waals surface area contributed by atoms with Crippen molar-refractivity contribution >= 4 is 5.52 Å². The van der Waals surface area contributed by atoms with Gasteiger partial charge in [0.25, 0.3) is 0 Å². The molecule has 0 unspecified atom stereocenters. The summed E-state index contributed by atoms with van der Waals surface area (Å²) in [5.41, 5.74) is -0.0184. The van der Waals surface area contributed by atoms with Gasteiger partial charge in [-0.2, -0.15) is 18.3 Å². The Morgan fingerprint density at radius 2 is 1.65 bits per heavy atom. The van der Waals surface area contributed by atoms with E-state index in [9.17, 15) is 27.1 Å². The SMILES string of the molecule is CC(C)c1nn2cnc(-c3cccc(C(F)(F)F)c3)cc2c1-c1c(F)cc(O)cc1F. The number of phenols is 1. The molecule has 0 saturated heterocycles. The minimum Gasteiger partial charge on any atom is -0.508 e. The number of rotatable bonds is 3. The van der Waals surface area contributed by atoms with Crippen LogP contribution in [0.5, 0.6) is 5.75 Å². The van der Waals surface area contributed by atoms with E-state index in [-0.39, 0.29) is 33.8 Å². The van der Waals surface area contributed by atoms with E-state index in [4.69, 9.17) is 0 Å². The Balaban J connectivity index is 1.99. The van der Waals surface area contributed by atoms with Gasteiger partial charge in [0, 0.05) is 23.3 Å². The van der Waals surface area contributed by atoms with Gasteiger partial charge in [0.2, 0.25) is 0 Å². The van der Waals surface area contributed by atoms with E-state index in [2.05, 4.69) is 10.1 Å². The third-order valence-electron chi connectivity index (χ3n) is 4.86. The Labute approximate surface area is 173 Å². The van der Waals surface area contributed by atoms with Gasteiger partial charge in [-0.15, -0.1) is 0 Å². The molecule has 0 radical (unpaired) electrons. The van der Waals surface area contributed by atoms with Gasteiger partial charge in [-0.05, 0) is 24.1 Å². The van der Waals surface area contributed by atoms with Gasteiger partial charge in [-0.3, -0.25) is 0 Å². The zero-order valence-corrected chi connectivity index (χ0v) is 16.4. The van der Waals surface area contributed by atoms with E-state index < -0.39 is 29.1 Å². The first-order valence-corrected chi connectivity index (χ1v) is 9.30. The molecule has 0 aliphatic carbocycles. The number of nitrogens with zero attached hydrogens (tertiary/aromatic N) is 3. The topological polar surface area (TPSA) is 50.4 Å². The quantitative estimate of drug-likeness (QED) is 0.392. The Hall–Kier alpha value is -3.49. The molecule has 0 aliphatic rings. The zero-order valence-electron chi connectivity index (χ0n) is 16.4. The van der Waals surface area contributed by atoms with Crippen LogP contribution in [0.3, 0.4) is 0 Å². The molecular formula is C22H16F5N3O. The average molecular weight is 433 g/mol. The first-order chi connectivity index (χ1) is 14.6. The summed E-state index contributed by atoms with van der Waals surface area (Å²) in [5.74, 6) is -2.74. The smallest absolute Gasteiger partial charge is 0.416 e. The number of alkyl halides is 3. The van der Waals surface area contributed by atoms with Crippen LogP contribution in [0.4, 0.5) is 22.0 Å². The normalized spacial score (nSPS) is 12.1. The Kier molecular flexibility index (Phi) is 4.91. The molecule has 0 aliphatic heterocycles. The maximum absolute atomic E-state index is 14.7. The predicted octanol–water partition coefficient (Wildman–Crippen LogP) is 6.19. The van der Waals surface area contributed by atoms with Crippen LogP contribution in [-0.2, 0) is 6.18 Å². The average Bonchev–Trinajstić information content (AvgIpc) is 3.05. The van der Waals surface area contributed by atoms with Crippen LogP contribution in [-0.4, -0.2) is 19.7 Å². The minimum absolute atomic E-state index is 0.153. The largest absolute Gasteiger partial charge is 0.508 e. The molecule has 4 aromatic rings. The Morgan fingerprint density at radius 3 is 2.26 bits per heavy atom. The number of halogens is 5. The van der Waals surface area contributed by atoms with Crippen LogP contribution >= 0.6 is 0 Å². The number of hydrogen-bond acceptors (Lipinski definition) is 3. The number of aromatic nitrogens is 3. The van der Waals surface area contributed by atoms with Crippen LogP contribution in [0.15, 0.2) is 48.8 Å². The van der Waals surface area contributed by atoms with Gasteiger partial charge in [-0.1, -0.05) is 26.0 Å². The third-order valence-corrected chi connectivity index (χ3v) is 4.86. The van der Waals surface area contributed by atoms with Crippen molar-refractivity contribution in [2.24, 2.45) is 0 Å². The van der Waals surface area contributed by atoms with E-state index in [1.807, 2.05) is 0 Å². The summed E-state index contributed by atoms with van der Waals surface area (Å²) in [4.78, 5) is 4.17. The molecule has 0 fully saturated rings. The Bertz CT molecular complexity index is 1270. The van der Waals surface area contributed by atoms with Crippen molar-refractivity contribution in [2.75, 3.05) is 0 Å². The van der Waals surface area contributed by atoms with Gasteiger partial charge >= 0.3 is 6.18 Å². The number of fused-ring (bicyclic) bond motifs is 1. The summed E-state index contributed by atoms with van der Waals surface area (Å²) < 4.78 is 70.0. The first-order valence-electron chi connectivity index (χ1n) is 9.30. The van der Waals surface area contributed by atoms with Gasteiger partial charge in [0.1, 0.15) is 23.7 Å². The second kappa shape index (κ2) is 7.33. The fourth-order valence-corrected chi connectivity index (χ4v) is 3.45. The molecule has 31 heavy (non-hydrogen) atoms. The lowest BCUT2D eigenvalue weighted by Gasteiger charge is -2.10. The lowest BCUT2D eigenvalue weighted by Crippen LogP contribution is -2.04. The second-order valence-corrected chi connectivity index (χ2v) is 7.38. The highest BCUT2D eigenvalue weighted by molar-refractivity contribution is 5.85. The molecule has 0 spiro atoms. The fourth-order valence-electron chi connectivity index (χ4n) is 3.45. The lowest BCUT2D eigenvalue weighted by molar-refractivity contribution is -0.137. The van der Waals surface area contributed by atoms with Gasteiger partial charge < -0.3 is 5.11 Å². The van der Waals surface area contributed by atoms with Crippen molar-refractivity contribution < 1.29 is 27.1 Å². The summed E-state index contributed by atoms with van der Waals surface area (Å²) in [7, 11) is 0. The number of phenolic OH excluding ortho intramolecular Hbond substituents is 1. The van der Waals surface area contributed by atoms with Crippen LogP contribution in [0.2, 0.25) is 0 Å². The molecule has 4 nitrogen and oxygen atoms in total. The summed E-state index contributed by atoms with van der Waals surface area (Å²) in [6.45, 7) is 3.59. The second-order valence-electron chi connectivity index (χ2n) is 7.38. The van der Waals surface area contributed by atoms with E-state index in [0.29, 0.717) is 5.69 Å². The van der Waals surface area contributed by atoms with Crippen molar-refractivity contribution in [3.63, 3.8) is 0 Å². The van der Waals surface area contributed by atoms with E-state index in [1.54, 1.807) is 13.8 Å². The maximum Gasteiger partial charge on any atom is 0.416 e. The van der Waals surface area contributed by atoms with Gasteiger partial charge in [0.05, 0.1) is 28.0 Å². The van der Waals surface area contributed by atoms with Crippen molar-refractivity contribution in [3.8, 4) is 28.1 Å². The summed E-state index contributed by atoms with van der Waals surface area (Å²) in [6, 6.07) is 7.66. The molecule has 2 aromatic heterocycles. The van der Waals surface area contributed by atoms with Gasteiger partial charge in [-0.25, -0.2) is 18.3 Å². The first kappa shape index (κ1) is 20.8. The molecule has 0 bridgehead atoms. The summed E-state index contributed by atoms with van der Waals surface area (Å²) >= 11 is 0. The van der Waals surface area contributed by atoms with Crippen LogP contribution in [0.25, 0.3) is 27.9 Å². The maximum atomic E-state index is 14.7. The number of hydrogen-bond donors (Lipinski definition) is 1. The highest BCUT2D eigenvalue weighted by Gasteiger charge is 2.30. The molecule has 160 valence electrons. The molecule has 4 rings (SSSR count). The molecule has 1 N–H and O–H groups in total. The minimum atomic E-state index is -4.52. The molecule has 2 aromatic carbocycles. The Morgan fingerprint density at radius 1 is 0.968 bits per heavy atom. The van der Waals surface area contributed by atoms with Gasteiger partial charge in [0.15, 0.2) is 0 Å². The standard InChI is InChI=1S/C22H16F5N3O/c1-11(2)21-20(19-15(23)7-14(31)8-16(19)24)18-9-17(28-10-30(18)29-21)12-4-3-5-13(6-12)22(25,26)27/h3-11,31H,1-2H3. The molecule has 0 saturated carbocycles. The van der Waals surface area contributed by atoms with Crippen molar-refractivity contribution in [1.82, 2.24) is 14.6 Å². The summed E-state index contributed by atoms with van der Waals surface area (Å²) in [6.07, 6.45) is -3.23. The van der Waals surface area contributed by atoms with E-state index in [1.165, 1.54) is 29.0 Å². The van der Waals surface area contributed by atoms with E-state index in [0.717, 1.165) is 24.3 Å². The molecular weight excluding hydrogens is 417 g/mol. The van der Waals surface area contributed by atoms with Crippen LogP contribution in [0, 0.1) is 11.6 Å². The van der Waals surface area contributed by atoms with Crippen molar-refractivity contribution in [1.29, 1.82) is 0 Å². The fraction of sp³-hybridized carbons (Fsp3) is 0.182. The number of benzene rings is 2. The summed E-state index contributed by atoms with van der Waals surface area (Å²) in [5, 5.41) is 13.9. The zero-order chi connectivity index (χ0) is 22.5. The monoisotopic (exact) mass is 433 g/mol. The molecule has 0 amide bonds. The molecule has 2 heterocycles. The predicted molar refractivity (Wildman–Crippen MR) is 105 cm³/mol. The highest BCUT2D eigenvalue weighted by Crippen LogP contribution is 2.38. The highest BCUT2D eigenvalue weighted by atomic mass is 19.4. The molecule has 9 heteroatoms. The molecule has 0 atom stereocenters. The third kappa shape index (κ3) is 3.71. The number of aromatic hydroxyl groups is 1.